The van der Waals surface area contributed by atoms with Crippen molar-refractivity contribution in [3.63, 3.8) is 0 Å². The molecular weight excluding hydrogens is 420 g/mol. The van der Waals surface area contributed by atoms with E-state index in [0.717, 1.165) is 0 Å². The summed E-state index contributed by atoms with van der Waals surface area (Å²) in [7, 11) is 0. The molecule has 0 atom stereocenters. The lowest BCUT2D eigenvalue weighted by atomic mass is 10.2. The van der Waals surface area contributed by atoms with Gasteiger partial charge in [0.1, 0.15) is 11.4 Å². The molecule has 146 valence electrons. The van der Waals surface area contributed by atoms with E-state index in [-0.39, 0.29) is 23.1 Å². The molecule has 0 bridgehead atoms. The lowest BCUT2D eigenvalue weighted by Crippen LogP contribution is -2.19. The fourth-order valence-electron chi connectivity index (χ4n) is 2.40. The van der Waals surface area contributed by atoms with E-state index in [0.29, 0.717) is 21.2 Å². The number of nitrogens with two attached hydrogens (primary N) is 1. The number of phenols is 1. The molecule has 3 aromatic heterocycles. The van der Waals surface area contributed by atoms with Gasteiger partial charge in [0.2, 0.25) is 11.6 Å². The third-order valence-corrected chi connectivity index (χ3v) is 4.81. The zero-order chi connectivity index (χ0) is 20.4. The largest absolute Gasteiger partial charge is 0.507 e. The average molecular weight is 431 g/mol. The Morgan fingerprint density at radius 1 is 1.38 bits per heavy atom. The molecule has 4 rings (SSSR count). The van der Waals surface area contributed by atoms with Gasteiger partial charge >= 0.3 is 0 Å². The van der Waals surface area contributed by atoms with Gasteiger partial charge in [-0.15, -0.1) is 16.4 Å². The van der Waals surface area contributed by atoms with E-state index < -0.39 is 5.91 Å². The molecule has 0 fully saturated rings. The summed E-state index contributed by atoms with van der Waals surface area (Å²) < 4.78 is 5.87. The first kappa shape index (κ1) is 18.6. The van der Waals surface area contributed by atoms with E-state index >= 15 is 0 Å². The number of carbonyl (C=O) groups excluding carboxylic acids is 1. The molecule has 0 spiro atoms. The van der Waals surface area contributed by atoms with Crippen molar-refractivity contribution in [2.75, 3.05) is 5.73 Å². The molecule has 1 amide bonds. The molecule has 29 heavy (non-hydrogen) atoms. The summed E-state index contributed by atoms with van der Waals surface area (Å²) in [6.45, 7) is 0. The maximum absolute atomic E-state index is 12.7. The summed E-state index contributed by atoms with van der Waals surface area (Å²) >= 11 is 7.25. The molecule has 0 saturated heterocycles. The highest BCUT2D eigenvalue weighted by Crippen LogP contribution is 2.29. The molecular formula is C16H11ClN8O3S. The van der Waals surface area contributed by atoms with E-state index in [2.05, 4.69) is 35.8 Å². The van der Waals surface area contributed by atoms with Gasteiger partial charge < -0.3 is 10.8 Å². The monoisotopic (exact) mass is 430 g/mol. The molecule has 0 aliphatic rings. The molecule has 0 aliphatic carbocycles. The summed E-state index contributed by atoms with van der Waals surface area (Å²) in [5.41, 5.74) is 8.75. The summed E-state index contributed by atoms with van der Waals surface area (Å²) in [5, 5.41) is 31.0. The van der Waals surface area contributed by atoms with E-state index in [1.807, 2.05) is 11.4 Å². The fourth-order valence-corrected chi connectivity index (χ4v) is 3.33. The van der Waals surface area contributed by atoms with E-state index in [1.54, 1.807) is 6.07 Å². The van der Waals surface area contributed by atoms with Crippen LogP contribution in [-0.2, 0) is 0 Å². The number of nitrogens with zero attached hydrogens (tertiary/aromatic N) is 6. The molecule has 0 unspecified atom stereocenters. The Morgan fingerprint density at radius 2 is 2.24 bits per heavy atom. The topological polar surface area (TPSA) is 157 Å². The van der Waals surface area contributed by atoms with Crippen LogP contribution in [0.5, 0.6) is 5.75 Å². The molecule has 13 heteroatoms. The van der Waals surface area contributed by atoms with Gasteiger partial charge in [-0.05, 0) is 40.0 Å². The van der Waals surface area contributed by atoms with Crippen LogP contribution in [0, 0.1) is 0 Å². The summed E-state index contributed by atoms with van der Waals surface area (Å²) in [5.74, 6) is -0.569. The Bertz CT molecular complexity index is 1200. The van der Waals surface area contributed by atoms with E-state index in [4.69, 9.17) is 17.3 Å². The van der Waals surface area contributed by atoms with Crippen LogP contribution in [0.4, 0.5) is 5.82 Å². The number of aromatic nitrogens is 5. The minimum absolute atomic E-state index is 0.00545. The summed E-state index contributed by atoms with van der Waals surface area (Å²) in [6, 6.07) is 8.04. The quantitative estimate of drug-likeness (QED) is 0.320. The number of carbonyl (C=O) groups is 1. The van der Waals surface area contributed by atoms with E-state index in [9.17, 15) is 9.90 Å². The minimum Gasteiger partial charge on any atom is -0.507 e. The van der Waals surface area contributed by atoms with Gasteiger partial charge in [-0.3, -0.25) is 4.79 Å². The van der Waals surface area contributed by atoms with Crippen molar-refractivity contribution >= 4 is 40.9 Å². The maximum atomic E-state index is 12.7. The first-order chi connectivity index (χ1) is 14.0. The maximum Gasteiger partial charge on any atom is 0.294 e. The van der Waals surface area contributed by atoms with Gasteiger partial charge in [-0.1, -0.05) is 22.9 Å². The number of hydrogen-bond donors (Lipinski definition) is 3. The van der Waals surface area contributed by atoms with Crippen molar-refractivity contribution in [1.29, 1.82) is 0 Å². The van der Waals surface area contributed by atoms with Crippen LogP contribution in [0.2, 0.25) is 5.02 Å². The first-order valence-corrected chi connectivity index (χ1v) is 9.20. The molecule has 3 heterocycles. The second-order valence-corrected chi connectivity index (χ2v) is 6.94. The predicted octanol–water partition coefficient (Wildman–Crippen LogP) is 2.08. The molecule has 4 aromatic rings. The van der Waals surface area contributed by atoms with Gasteiger partial charge in [-0.25, -0.2) is 10.1 Å². The highest BCUT2D eigenvalue weighted by Gasteiger charge is 2.25. The second kappa shape index (κ2) is 7.69. The number of aromatic hydroxyl groups is 1. The van der Waals surface area contributed by atoms with Crippen molar-refractivity contribution < 1.29 is 14.5 Å². The number of benzene rings is 1. The van der Waals surface area contributed by atoms with Gasteiger partial charge in [0.15, 0.2) is 5.69 Å². The Labute approximate surface area is 171 Å². The Balaban J connectivity index is 1.65. The SMILES string of the molecule is Nc1nonc1-n1nnc(C(=O)N/N=C\c2cc(Cl)ccc2O)c1-c1cccs1. The third-order valence-electron chi connectivity index (χ3n) is 3.70. The number of rotatable bonds is 5. The van der Waals surface area contributed by atoms with Crippen LogP contribution in [0.1, 0.15) is 16.1 Å². The molecule has 0 radical (unpaired) electrons. The zero-order valence-corrected chi connectivity index (χ0v) is 15.9. The van der Waals surface area contributed by atoms with Crippen LogP contribution in [0.3, 0.4) is 0 Å². The highest BCUT2D eigenvalue weighted by atomic mass is 35.5. The number of amides is 1. The number of anilines is 1. The lowest BCUT2D eigenvalue weighted by molar-refractivity contribution is 0.0950. The average Bonchev–Trinajstić information content (AvgIpc) is 3.43. The van der Waals surface area contributed by atoms with Gasteiger partial charge in [0.05, 0.1) is 11.1 Å². The number of nitrogen functional groups attached to an aromatic ring is 1. The second-order valence-electron chi connectivity index (χ2n) is 5.55. The normalized spacial score (nSPS) is 11.2. The van der Waals surface area contributed by atoms with Crippen molar-refractivity contribution in [2.24, 2.45) is 5.10 Å². The number of hydrogen-bond acceptors (Lipinski definition) is 10. The Morgan fingerprint density at radius 3 is 2.97 bits per heavy atom. The lowest BCUT2D eigenvalue weighted by Gasteiger charge is -2.03. The van der Waals surface area contributed by atoms with Gasteiger partial charge in [0, 0.05) is 10.6 Å². The number of nitrogens with one attached hydrogen (secondary N) is 1. The predicted molar refractivity (Wildman–Crippen MR) is 105 cm³/mol. The zero-order valence-electron chi connectivity index (χ0n) is 14.4. The summed E-state index contributed by atoms with van der Waals surface area (Å²) in [4.78, 5) is 13.3. The molecule has 11 nitrogen and oxygen atoms in total. The van der Waals surface area contributed by atoms with Crippen molar-refractivity contribution in [3.05, 3.63) is 52.0 Å². The number of halogens is 1. The fraction of sp³-hybridized carbons (Fsp3) is 0. The van der Waals surface area contributed by atoms with E-state index in [1.165, 1.54) is 40.4 Å². The van der Waals surface area contributed by atoms with Gasteiger partial charge in [0.25, 0.3) is 5.91 Å². The first-order valence-electron chi connectivity index (χ1n) is 7.94. The van der Waals surface area contributed by atoms with Crippen LogP contribution in [0.25, 0.3) is 16.4 Å². The number of thiophene rings is 1. The molecule has 4 N–H and O–H groups in total. The third kappa shape index (κ3) is 3.66. The number of phenolic OH excluding ortho intramolecular Hbond substituents is 1. The van der Waals surface area contributed by atoms with Crippen molar-refractivity contribution in [3.8, 4) is 22.1 Å². The smallest absolute Gasteiger partial charge is 0.294 e. The summed E-state index contributed by atoms with van der Waals surface area (Å²) in [6.07, 6.45) is 1.26. The van der Waals surface area contributed by atoms with Crippen LogP contribution in [0.15, 0.2) is 45.4 Å². The van der Waals surface area contributed by atoms with Crippen LogP contribution < -0.4 is 11.2 Å². The van der Waals surface area contributed by atoms with Crippen molar-refractivity contribution in [1.82, 2.24) is 30.7 Å². The van der Waals surface area contributed by atoms with Gasteiger partial charge in [-0.2, -0.15) is 9.78 Å². The molecule has 0 aliphatic heterocycles. The Kier molecular flexibility index (Phi) is 4.93. The molecule has 1 aromatic carbocycles. The van der Waals surface area contributed by atoms with Crippen molar-refractivity contribution in [2.45, 2.75) is 0 Å². The molecule has 0 saturated carbocycles. The van der Waals surface area contributed by atoms with Crippen LogP contribution >= 0.6 is 22.9 Å². The Hall–Kier alpha value is -3.77. The highest BCUT2D eigenvalue weighted by molar-refractivity contribution is 7.13. The standard InChI is InChI=1S/C16H11ClN8O3S/c17-9-3-4-10(26)8(6-9)7-19-21-16(27)12-13(11-2-1-5-29-11)25(24-20-12)15-14(18)22-28-23-15/h1-7,26H,(H2,18,22)(H,21,27)/b19-7-. The number of hydrazone groups is 1. The van der Waals surface area contributed by atoms with Crippen LogP contribution in [-0.4, -0.2) is 42.5 Å². The minimum atomic E-state index is -0.632.